The second-order valence-corrected chi connectivity index (χ2v) is 4.38. The summed E-state index contributed by atoms with van der Waals surface area (Å²) in [4.78, 5) is 11.9. The van der Waals surface area contributed by atoms with Crippen molar-refractivity contribution in [2.75, 3.05) is 26.9 Å². The second-order valence-electron chi connectivity index (χ2n) is 4.38. The van der Waals surface area contributed by atoms with E-state index in [4.69, 9.17) is 9.47 Å². The Kier molecular flexibility index (Phi) is 3.26. The summed E-state index contributed by atoms with van der Waals surface area (Å²) in [6, 6.07) is 0. The van der Waals surface area contributed by atoms with Crippen LogP contribution in [-0.4, -0.2) is 38.4 Å². The fourth-order valence-corrected chi connectivity index (χ4v) is 2.83. The van der Waals surface area contributed by atoms with Crippen molar-refractivity contribution in [1.82, 2.24) is 5.32 Å². The molecule has 2 heterocycles. The van der Waals surface area contributed by atoms with Gasteiger partial charge in [0.05, 0.1) is 7.11 Å². The topological polar surface area (TPSA) is 47.6 Å². The third-order valence-electron chi connectivity index (χ3n) is 3.66. The Bertz CT molecular complexity index is 230. The van der Waals surface area contributed by atoms with Gasteiger partial charge in [-0.05, 0) is 38.1 Å². The van der Waals surface area contributed by atoms with Crippen molar-refractivity contribution in [3.8, 4) is 0 Å². The van der Waals surface area contributed by atoms with Crippen LogP contribution in [0.3, 0.4) is 0 Å². The fraction of sp³-hybridized carbons (Fsp3) is 0.909. The van der Waals surface area contributed by atoms with Gasteiger partial charge in [0.15, 0.2) is 0 Å². The summed E-state index contributed by atoms with van der Waals surface area (Å²) < 4.78 is 10.3. The van der Waals surface area contributed by atoms with Crippen LogP contribution < -0.4 is 5.32 Å². The highest BCUT2D eigenvalue weighted by molar-refractivity contribution is 5.81. The molecule has 0 aromatic carbocycles. The summed E-state index contributed by atoms with van der Waals surface area (Å²) in [5.41, 5.74) is -0.418. The molecule has 0 spiro atoms. The number of hydrogen-bond acceptors (Lipinski definition) is 4. The van der Waals surface area contributed by atoms with Crippen LogP contribution in [0.2, 0.25) is 0 Å². The van der Waals surface area contributed by atoms with Gasteiger partial charge in [0, 0.05) is 13.2 Å². The van der Waals surface area contributed by atoms with E-state index in [1.807, 2.05) is 0 Å². The van der Waals surface area contributed by atoms with E-state index in [1.54, 1.807) is 0 Å². The van der Waals surface area contributed by atoms with Crippen LogP contribution in [0.4, 0.5) is 0 Å². The van der Waals surface area contributed by atoms with Gasteiger partial charge < -0.3 is 14.8 Å². The van der Waals surface area contributed by atoms with E-state index in [0.717, 1.165) is 45.4 Å². The molecule has 4 heteroatoms. The van der Waals surface area contributed by atoms with E-state index >= 15 is 0 Å². The molecule has 2 saturated heterocycles. The molecule has 1 N–H and O–H groups in total. The van der Waals surface area contributed by atoms with Gasteiger partial charge in [0.25, 0.3) is 0 Å². The van der Waals surface area contributed by atoms with Crippen LogP contribution in [0.5, 0.6) is 0 Å². The van der Waals surface area contributed by atoms with E-state index < -0.39 is 5.54 Å². The van der Waals surface area contributed by atoms with Crippen molar-refractivity contribution in [2.45, 2.75) is 31.2 Å². The molecule has 2 rings (SSSR count). The van der Waals surface area contributed by atoms with E-state index in [2.05, 4.69) is 5.32 Å². The molecule has 0 radical (unpaired) electrons. The molecule has 0 aromatic rings. The van der Waals surface area contributed by atoms with Gasteiger partial charge >= 0.3 is 5.97 Å². The Morgan fingerprint density at radius 3 is 2.73 bits per heavy atom. The zero-order chi connectivity index (χ0) is 10.7. The highest BCUT2D eigenvalue weighted by atomic mass is 16.5. The Morgan fingerprint density at radius 2 is 2.20 bits per heavy atom. The second kappa shape index (κ2) is 4.49. The number of nitrogens with one attached hydrogen (secondary N) is 1. The van der Waals surface area contributed by atoms with Crippen LogP contribution in [0.1, 0.15) is 25.7 Å². The number of hydrogen-bond donors (Lipinski definition) is 1. The Morgan fingerprint density at radius 1 is 1.47 bits per heavy atom. The van der Waals surface area contributed by atoms with Crippen LogP contribution in [0.25, 0.3) is 0 Å². The van der Waals surface area contributed by atoms with Gasteiger partial charge in [-0.3, -0.25) is 4.79 Å². The molecule has 15 heavy (non-hydrogen) atoms. The normalized spacial score (nSPS) is 32.9. The highest BCUT2D eigenvalue weighted by Gasteiger charge is 2.48. The molecule has 86 valence electrons. The smallest absolute Gasteiger partial charge is 0.326 e. The van der Waals surface area contributed by atoms with E-state index in [9.17, 15) is 4.79 Å². The van der Waals surface area contributed by atoms with Crippen molar-refractivity contribution in [1.29, 1.82) is 0 Å². The van der Waals surface area contributed by atoms with Crippen molar-refractivity contribution in [3.05, 3.63) is 0 Å². The molecule has 1 atom stereocenters. The van der Waals surface area contributed by atoms with Gasteiger partial charge in [-0.15, -0.1) is 0 Å². The molecule has 2 aliphatic heterocycles. The van der Waals surface area contributed by atoms with Crippen molar-refractivity contribution >= 4 is 5.97 Å². The molecule has 0 aromatic heterocycles. The van der Waals surface area contributed by atoms with Crippen LogP contribution in [-0.2, 0) is 14.3 Å². The molecule has 0 bridgehead atoms. The average molecular weight is 213 g/mol. The summed E-state index contributed by atoms with van der Waals surface area (Å²) in [6.07, 6.45) is 3.89. The lowest BCUT2D eigenvalue weighted by Crippen LogP contribution is -2.55. The minimum atomic E-state index is -0.418. The number of carbonyl (C=O) groups excluding carboxylic acids is 1. The SMILES string of the molecule is COC(=O)C1(C2CCOCC2)CCCN1. The maximum absolute atomic E-state index is 11.9. The molecule has 0 aliphatic carbocycles. The van der Waals surface area contributed by atoms with E-state index in [0.29, 0.717) is 5.92 Å². The van der Waals surface area contributed by atoms with Gasteiger partial charge in [-0.25, -0.2) is 0 Å². The minimum Gasteiger partial charge on any atom is -0.468 e. The van der Waals surface area contributed by atoms with Crippen molar-refractivity contribution < 1.29 is 14.3 Å². The average Bonchev–Trinajstić information content (AvgIpc) is 2.79. The number of esters is 1. The lowest BCUT2D eigenvalue weighted by atomic mass is 9.78. The largest absolute Gasteiger partial charge is 0.468 e. The predicted octanol–water partition coefficient (Wildman–Crippen LogP) is 0.708. The molecule has 0 saturated carbocycles. The zero-order valence-electron chi connectivity index (χ0n) is 9.25. The Balaban J connectivity index is 2.13. The molecular weight excluding hydrogens is 194 g/mol. The van der Waals surface area contributed by atoms with Crippen LogP contribution in [0.15, 0.2) is 0 Å². The summed E-state index contributed by atoms with van der Waals surface area (Å²) in [5, 5.41) is 3.36. The lowest BCUT2D eigenvalue weighted by Gasteiger charge is -2.37. The maximum atomic E-state index is 11.9. The van der Waals surface area contributed by atoms with Gasteiger partial charge in [-0.1, -0.05) is 0 Å². The quantitative estimate of drug-likeness (QED) is 0.686. The molecule has 2 fully saturated rings. The van der Waals surface area contributed by atoms with E-state index in [1.165, 1.54) is 7.11 Å². The minimum absolute atomic E-state index is 0.0908. The molecular formula is C11H19NO3. The molecule has 1 unspecified atom stereocenters. The first-order valence-corrected chi connectivity index (χ1v) is 5.71. The number of methoxy groups -OCH3 is 1. The zero-order valence-corrected chi connectivity index (χ0v) is 9.25. The predicted molar refractivity (Wildman–Crippen MR) is 55.5 cm³/mol. The maximum Gasteiger partial charge on any atom is 0.326 e. The van der Waals surface area contributed by atoms with Gasteiger partial charge in [0.1, 0.15) is 5.54 Å². The first-order valence-electron chi connectivity index (χ1n) is 5.71. The van der Waals surface area contributed by atoms with Crippen molar-refractivity contribution in [3.63, 3.8) is 0 Å². The first kappa shape index (κ1) is 10.9. The summed E-state index contributed by atoms with van der Waals surface area (Å²) in [7, 11) is 1.48. The Labute approximate surface area is 90.3 Å². The van der Waals surface area contributed by atoms with Gasteiger partial charge in [-0.2, -0.15) is 0 Å². The molecule has 4 nitrogen and oxygen atoms in total. The van der Waals surface area contributed by atoms with Crippen molar-refractivity contribution in [2.24, 2.45) is 5.92 Å². The summed E-state index contributed by atoms with van der Waals surface area (Å²) in [6.45, 7) is 2.46. The highest BCUT2D eigenvalue weighted by Crippen LogP contribution is 2.35. The number of carbonyl (C=O) groups is 1. The van der Waals surface area contributed by atoms with Gasteiger partial charge in [0.2, 0.25) is 0 Å². The van der Waals surface area contributed by atoms with Crippen LogP contribution in [0, 0.1) is 5.92 Å². The third-order valence-corrected chi connectivity index (χ3v) is 3.66. The lowest BCUT2D eigenvalue weighted by molar-refractivity contribution is -0.152. The summed E-state index contributed by atoms with van der Waals surface area (Å²) in [5.74, 6) is 0.285. The molecule has 0 amide bonds. The number of rotatable bonds is 2. The summed E-state index contributed by atoms with van der Waals surface area (Å²) >= 11 is 0. The first-order chi connectivity index (χ1) is 7.29. The van der Waals surface area contributed by atoms with E-state index in [-0.39, 0.29) is 5.97 Å². The fourth-order valence-electron chi connectivity index (χ4n) is 2.83. The monoisotopic (exact) mass is 213 g/mol. The number of ether oxygens (including phenoxy) is 2. The Hall–Kier alpha value is -0.610. The molecule has 2 aliphatic rings. The van der Waals surface area contributed by atoms with Crippen LogP contribution >= 0.6 is 0 Å². The third kappa shape index (κ3) is 1.88. The standard InChI is InChI=1S/C11H19NO3/c1-14-10(13)11(5-2-6-12-11)9-3-7-15-8-4-9/h9,12H,2-8H2,1H3.